The molecule has 0 spiro atoms. The van der Waals surface area contributed by atoms with Gasteiger partial charge in [0.05, 0.1) is 0 Å². The molecule has 0 saturated carbocycles. The van der Waals surface area contributed by atoms with Crippen LogP contribution in [-0.2, 0) is 38.1 Å². The van der Waals surface area contributed by atoms with Gasteiger partial charge in [0.25, 0.3) is 0 Å². The number of ether oxygens (including phenoxy) is 5. The smallest absolute Gasteiger partial charge is 0.355 e. The molecule has 1 aromatic heterocycles. The van der Waals surface area contributed by atoms with Crippen LogP contribution in [0.2, 0.25) is 0 Å². The number of aromatic nitrogens is 1. The monoisotopic (exact) mass is 399 g/mol. The molecule has 2 N–H and O–H groups in total. The van der Waals surface area contributed by atoms with Gasteiger partial charge in [0, 0.05) is 27.0 Å². The second-order valence-corrected chi connectivity index (χ2v) is 5.97. The maximum Gasteiger partial charge on any atom is 0.355 e. The topological polar surface area (TPSA) is 150 Å². The summed E-state index contributed by atoms with van der Waals surface area (Å²) in [6, 6.07) is 3.00. The van der Waals surface area contributed by atoms with Gasteiger partial charge in [0.1, 0.15) is 18.4 Å². The van der Waals surface area contributed by atoms with Crippen molar-refractivity contribution >= 4 is 23.9 Å². The van der Waals surface area contributed by atoms with Crippen LogP contribution >= 0.6 is 0 Å². The number of rotatable bonds is 6. The molecule has 0 bridgehead atoms. The van der Waals surface area contributed by atoms with Gasteiger partial charge in [-0.1, -0.05) is 0 Å². The third-order valence-corrected chi connectivity index (χ3v) is 3.73. The number of aliphatic hydroxyl groups is 1. The molecular formula is C17H21NO10. The Hall–Kier alpha value is -2.92. The second-order valence-electron chi connectivity index (χ2n) is 5.97. The van der Waals surface area contributed by atoms with E-state index in [0.29, 0.717) is 0 Å². The minimum Gasteiger partial charge on any atom is -0.463 e. The highest BCUT2D eigenvalue weighted by Gasteiger charge is 2.52. The molecule has 1 aromatic rings. The normalized spacial score (nSPS) is 26.8. The SMILES string of the molecule is CC(=O)OC[C@H]1OC(O)[C@H](OC(=O)c2ccc[nH]2)[C@@H](OC(C)=O)[C@@H]1OC(C)=O. The predicted molar refractivity (Wildman–Crippen MR) is 88.6 cm³/mol. The summed E-state index contributed by atoms with van der Waals surface area (Å²) in [6.07, 6.45) is -5.61. The minimum atomic E-state index is -1.74. The molecule has 0 radical (unpaired) electrons. The van der Waals surface area contributed by atoms with Crippen molar-refractivity contribution in [3.8, 4) is 0 Å². The van der Waals surface area contributed by atoms with Gasteiger partial charge in [0.2, 0.25) is 0 Å². The molecule has 1 saturated heterocycles. The van der Waals surface area contributed by atoms with Gasteiger partial charge in [-0.3, -0.25) is 14.4 Å². The molecule has 5 atom stereocenters. The van der Waals surface area contributed by atoms with E-state index in [-0.39, 0.29) is 12.3 Å². The third-order valence-electron chi connectivity index (χ3n) is 3.73. The summed E-state index contributed by atoms with van der Waals surface area (Å²) in [5, 5.41) is 10.3. The number of H-pyrrole nitrogens is 1. The Bertz CT molecular complexity index is 716. The highest BCUT2D eigenvalue weighted by molar-refractivity contribution is 5.87. The molecule has 1 aliphatic heterocycles. The molecule has 0 aliphatic carbocycles. The lowest BCUT2D eigenvalue weighted by atomic mass is 9.98. The van der Waals surface area contributed by atoms with Crippen LogP contribution in [0.3, 0.4) is 0 Å². The van der Waals surface area contributed by atoms with Gasteiger partial charge >= 0.3 is 23.9 Å². The summed E-state index contributed by atoms with van der Waals surface area (Å²) >= 11 is 0. The molecule has 0 aromatic carbocycles. The number of hydrogen-bond donors (Lipinski definition) is 2. The zero-order valence-corrected chi connectivity index (χ0v) is 15.4. The highest BCUT2D eigenvalue weighted by Crippen LogP contribution is 2.28. The summed E-state index contributed by atoms with van der Waals surface area (Å²) in [4.78, 5) is 49.1. The molecule has 154 valence electrons. The summed E-state index contributed by atoms with van der Waals surface area (Å²) in [5.74, 6) is -3.01. The molecule has 11 heteroatoms. The Morgan fingerprint density at radius 2 is 1.64 bits per heavy atom. The van der Waals surface area contributed by atoms with E-state index >= 15 is 0 Å². The summed E-state index contributed by atoms with van der Waals surface area (Å²) in [5.41, 5.74) is 0.0832. The molecule has 0 amide bonds. The first kappa shape index (κ1) is 21.4. The van der Waals surface area contributed by atoms with Crippen LogP contribution in [0.25, 0.3) is 0 Å². The summed E-state index contributed by atoms with van der Waals surface area (Å²) in [6.45, 7) is 2.97. The van der Waals surface area contributed by atoms with Crippen molar-refractivity contribution in [3.63, 3.8) is 0 Å². The quantitative estimate of drug-likeness (QED) is 0.481. The van der Waals surface area contributed by atoms with Crippen molar-refractivity contribution in [2.45, 2.75) is 51.5 Å². The van der Waals surface area contributed by atoms with Gasteiger partial charge in [-0.15, -0.1) is 0 Å². The Kier molecular flexibility index (Phi) is 7.12. The molecule has 28 heavy (non-hydrogen) atoms. The molecule has 1 aliphatic rings. The zero-order chi connectivity index (χ0) is 20.8. The molecule has 2 heterocycles. The van der Waals surface area contributed by atoms with Crippen LogP contribution in [0.1, 0.15) is 31.3 Å². The second kappa shape index (κ2) is 9.33. The summed E-state index contributed by atoms with van der Waals surface area (Å²) in [7, 11) is 0. The van der Waals surface area contributed by atoms with E-state index in [9.17, 15) is 24.3 Å². The van der Waals surface area contributed by atoms with E-state index in [1.54, 1.807) is 6.07 Å². The zero-order valence-electron chi connectivity index (χ0n) is 15.4. The number of aliphatic hydroxyl groups excluding tert-OH is 1. The number of carbonyl (C=O) groups is 4. The first-order valence-corrected chi connectivity index (χ1v) is 8.34. The van der Waals surface area contributed by atoms with E-state index in [2.05, 4.69) is 4.98 Å². The van der Waals surface area contributed by atoms with Gasteiger partial charge < -0.3 is 33.8 Å². The van der Waals surface area contributed by atoms with E-state index in [0.717, 1.165) is 20.8 Å². The standard InChI is InChI=1S/C17H21NO10/c1-8(19)24-7-12-13(25-9(2)20)14(26-10(3)21)15(17(23)27-12)28-16(22)11-5-4-6-18-11/h4-6,12-15,17-18,23H,7H2,1-3H3/t12-,13-,14+,15-,17?/m1/s1. The molecule has 2 rings (SSSR count). The Balaban J connectivity index is 2.29. The van der Waals surface area contributed by atoms with Crippen LogP contribution in [0.15, 0.2) is 18.3 Å². The number of esters is 4. The van der Waals surface area contributed by atoms with Gasteiger partial charge in [-0.2, -0.15) is 0 Å². The number of carbonyl (C=O) groups excluding carboxylic acids is 4. The Morgan fingerprint density at radius 1 is 1.00 bits per heavy atom. The van der Waals surface area contributed by atoms with Crippen molar-refractivity contribution in [3.05, 3.63) is 24.0 Å². The fraction of sp³-hybridized carbons (Fsp3) is 0.529. The lowest BCUT2D eigenvalue weighted by molar-refractivity contribution is -0.292. The first-order chi connectivity index (χ1) is 13.2. The average molecular weight is 399 g/mol. The maximum absolute atomic E-state index is 12.2. The van der Waals surface area contributed by atoms with Gasteiger partial charge in [0.15, 0.2) is 24.6 Å². The van der Waals surface area contributed by atoms with Gasteiger partial charge in [-0.05, 0) is 12.1 Å². The van der Waals surface area contributed by atoms with Crippen molar-refractivity contribution in [2.24, 2.45) is 0 Å². The minimum absolute atomic E-state index is 0.0832. The lowest BCUT2D eigenvalue weighted by Crippen LogP contribution is -2.62. The third kappa shape index (κ3) is 5.54. The van der Waals surface area contributed by atoms with Crippen LogP contribution < -0.4 is 0 Å². The van der Waals surface area contributed by atoms with E-state index < -0.39 is 54.6 Å². The highest BCUT2D eigenvalue weighted by atomic mass is 16.7. The predicted octanol–water partition coefficient (Wildman–Crippen LogP) is -0.316. The largest absolute Gasteiger partial charge is 0.463 e. The lowest BCUT2D eigenvalue weighted by Gasteiger charge is -2.42. The van der Waals surface area contributed by atoms with E-state index in [1.807, 2.05) is 0 Å². The fourth-order valence-electron chi connectivity index (χ4n) is 2.66. The molecule has 11 nitrogen and oxygen atoms in total. The first-order valence-electron chi connectivity index (χ1n) is 8.34. The Labute approximate surface area is 159 Å². The molecule has 1 fully saturated rings. The summed E-state index contributed by atoms with van der Waals surface area (Å²) < 4.78 is 25.7. The van der Waals surface area contributed by atoms with Crippen molar-refractivity contribution in [1.29, 1.82) is 0 Å². The Morgan fingerprint density at radius 3 is 2.18 bits per heavy atom. The number of nitrogens with one attached hydrogen (secondary N) is 1. The van der Waals surface area contributed by atoms with Crippen LogP contribution in [0.4, 0.5) is 0 Å². The average Bonchev–Trinajstić information content (AvgIpc) is 3.12. The van der Waals surface area contributed by atoms with Crippen LogP contribution in [-0.4, -0.2) is 71.3 Å². The van der Waals surface area contributed by atoms with Crippen molar-refractivity contribution < 1.29 is 48.0 Å². The van der Waals surface area contributed by atoms with Gasteiger partial charge in [-0.25, -0.2) is 4.79 Å². The van der Waals surface area contributed by atoms with E-state index in [4.69, 9.17) is 23.7 Å². The van der Waals surface area contributed by atoms with Crippen molar-refractivity contribution in [2.75, 3.05) is 6.61 Å². The van der Waals surface area contributed by atoms with Crippen molar-refractivity contribution in [1.82, 2.24) is 4.98 Å². The number of hydrogen-bond acceptors (Lipinski definition) is 10. The van der Waals surface area contributed by atoms with Crippen LogP contribution in [0, 0.1) is 0 Å². The number of aromatic amines is 1. The van der Waals surface area contributed by atoms with Crippen LogP contribution in [0.5, 0.6) is 0 Å². The van der Waals surface area contributed by atoms with E-state index in [1.165, 1.54) is 12.3 Å². The molecule has 1 unspecified atom stereocenters. The fourth-order valence-corrected chi connectivity index (χ4v) is 2.66. The maximum atomic E-state index is 12.2. The molecular weight excluding hydrogens is 378 g/mol.